The average Bonchev–Trinajstić information content (AvgIpc) is 2.97. The molecule has 0 aliphatic heterocycles. The number of methoxy groups -OCH3 is 1. The number of ether oxygens (including phenoxy) is 1. The van der Waals surface area contributed by atoms with Crippen LogP contribution in [0.3, 0.4) is 0 Å². The number of fused-ring (bicyclic) bond motifs is 1. The quantitative estimate of drug-likeness (QED) is 0.577. The van der Waals surface area contributed by atoms with Gasteiger partial charge in [-0.2, -0.15) is 0 Å². The van der Waals surface area contributed by atoms with Crippen LogP contribution in [0.1, 0.15) is 10.5 Å². The lowest BCUT2D eigenvalue weighted by Gasteiger charge is -1.99. The molecule has 21 heavy (non-hydrogen) atoms. The largest absolute Gasteiger partial charge is 0.464 e. The SMILES string of the molecule is COC(=O)c1cc(-c2nc3cc(NBr)ccc3o2)ccn1. The number of benzene rings is 1. The molecule has 3 aromatic rings. The van der Waals surface area contributed by atoms with Gasteiger partial charge in [0.05, 0.1) is 7.11 Å². The number of hydrogen-bond donors (Lipinski definition) is 1. The Morgan fingerprint density at radius 3 is 2.95 bits per heavy atom. The summed E-state index contributed by atoms with van der Waals surface area (Å²) in [5.74, 6) is -0.0805. The Hall–Kier alpha value is -2.41. The molecule has 0 aliphatic carbocycles. The third-order valence-corrected chi connectivity index (χ3v) is 3.36. The minimum Gasteiger partial charge on any atom is -0.464 e. The van der Waals surface area contributed by atoms with Crippen LogP contribution in [0.4, 0.5) is 5.69 Å². The zero-order valence-corrected chi connectivity index (χ0v) is 12.5. The predicted molar refractivity (Wildman–Crippen MR) is 81.1 cm³/mol. The molecular formula is C14H10BrN3O3. The van der Waals surface area contributed by atoms with Crippen LogP contribution in [0.15, 0.2) is 40.9 Å². The first-order chi connectivity index (χ1) is 10.2. The normalized spacial score (nSPS) is 10.6. The molecule has 0 spiro atoms. The Morgan fingerprint density at radius 2 is 2.19 bits per heavy atom. The number of esters is 1. The Labute approximate surface area is 128 Å². The summed E-state index contributed by atoms with van der Waals surface area (Å²) in [6.07, 6.45) is 1.52. The number of oxazole rings is 1. The number of carbonyl (C=O) groups excluding carboxylic acids is 1. The Morgan fingerprint density at radius 1 is 1.33 bits per heavy atom. The molecule has 0 radical (unpaired) electrons. The fourth-order valence-corrected chi connectivity index (χ4v) is 2.14. The topological polar surface area (TPSA) is 77.2 Å². The summed E-state index contributed by atoms with van der Waals surface area (Å²) in [7, 11) is 1.31. The summed E-state index contributed by atoms with van der Waals surface area (Å²) < 4.78 is 13.2. The maximum Gasteiger partial charge on any atom is 0.356 e. The number of pyridine rings is 1. The second kappa shape index (κ2) is 5.53. The van der Waals surface area contributed by atoms with E-state index in [-0.39, 0.29) is 5.69 Å². The van der Waals surface area contributed by atoms with Crippen LogP contribution in [-0.2, 0) is 4.74 Å². The van der Waals surface area contributed by atoms with Gasteiger partial charge in [-0.05, 0) is 30.3 Å². The van der Waals surface area contributed by atoms with Crippen molar-refractivity contribution in [1.82, 2.24) is 9.97 Å². The standard InChI is InChI=1S/C14H10BrN3O3/c1-20-14(19)11-6-8(4-5-16-11)13-17-10-7-9(18-15)2-3-12(10)21-13/h2-7,18H,1H3. The fourth-order valence-electron chi connectivity index (χ4n) is 1.89. The van der Waals surface area contributed by atoms with E-state index in [4.69, 9.17) is 4.42 Å². The molecule has 106 valence electrons. The summed E-state index contributed by atoms with van der Waals surface area (Å²) in [4.78, 5) is 19.9. The summed E-state index contributed by atoms with van der Waals surface area (Å²) in [6.45, 7) is 0. The summed E-state index contributed by atoms with van der Waals surface area (Å²) in [5, 5.41) is 0. The van der Waals surface area contributed by atoms with E-state index < -0.39 is 5.97 Å². The number of aromatic nitrogens is 2. The molecule has 0 amide bonds. The summed E-state index contributed by atoms with van der Waals surface area (Å²) in [6, 6.07) is 8.83. The predicted octanol–water partition coefficient (Wildman–Crippen LogP) is 3.40. The second-order valence-corrected chi connectivity index (χ2v) is 4.61. The zero-order chi connectivity index (χ0) is 14.8. The van der Waals surface area contributed by atoms with Crippen LogP contribution in [-0.4, -0.2) is 23.0 Å². The minimum atomic E-state index is -0.501. The van der Waals surface area contributed by atoms with Gasteiger partial charge in [0, 0.05) is 33.6 Å². The minimum absolute atomic E-state index is 0.208. The van der Waals surface area contributed by atoms with Crippen molar-refractivity contribution in [2.75, 3.05) is 11.5 Å². The van der Waals surface area contributed by atoms with Gasteiger partial charge in [-0.3, -0.25) is 0 Å². The van der Waals surface area contributed by atoms with Gasteiger partial charge >= 0.3 is 5.97 Å². The molecule has 7 heteroatoms. The molecule has 0 saturated carbocycles. The number of halogens is 1. The second-order valence-electron chi connectivity index (χ2n) is 4.22. The van der Waals surface area contributed by atoms with E-state index in [2.05, 4.69) is 35.2 Å². The third-order valence-electron chi connectivity index (χ3n) is 2.90. The Balaban J connectivity index is 2.05. The first kappa shape index (κ1) is 13.6. The molecule has 0 fully saturated rings. The molecule has 0 atom stereocenters. The van der Waals surface area contributed by atoms with Gasteiger partial charge in [-0.25, -0.2) is 14.8 Å². The monoisotopic (exact) mass is 347 g/mol. The Bertz CT molecular complexity index is 816. The van der Waals surface area contributed by atoms with Gasteiger partial charge in [0.15, 0.2) is 5.58 Å². The van der Waals surface area contributed by atoms with Crippen molar-refractivity contribution in [3.05, 3.63) is 42.2 Å². The van der Waals surface area contributed by atoms with Crippen LogP contribution in [0.25, 0.3) is 22.6 Å². The molecule has 0 aliphatic rings. The van der Waals surface area contributed by atoms with Crippen LogP contribution in [0, 0.1) is 0 Å². The number of nitrogens with one attached hydrogen (secondary N) is 1. The molecule has 1 N–H and O–H groups in total. The van der Waals surface area contributed by atoms with E-state index in [1.807, 2.05) is 18.2 Å². The highest BCUT2D eigenvalue weighted by atomic mass is 79.9. The van der Waals surface area contributed by atoms with E-state index in [1.54, 1.807) is 12.1 Å². The molecule has 6 nitrogen and oxygen atoms in total. The van der Waals surface area contributed by atoms with Crippen molar-refractivity contribution >= 4 is 38.9 Å². The molecule has 0 bridgehead atoms. The Kier molecular flexibility index (Phi) is 3.57. The van der Waals surface area contributed by atoms with Gasteiger partial charge in [-0.15, -0.1) is 0 Å². The molecular weight excluding hydrogens is 338 g/mol. The van der Waals surface area contributed by atoms with Crippen LogP contribution in [0.5, 0.6) is 0 Å². The lowest BCUT2D eigenvalue weighted by atomic mass is 10.2. The van der Waals surface area contributed by atoms with Crippen molar-refractivity contribution in [3.8, 4) is 11.5 Å². The molecule has 3 rings (SSSR count). The highest BCUT2D eigenvalue weighted by Gasteiger charge is 2.13. The number of carbonyl (C=O) groups is 1. The maximum absolute atomic E-state index is 11.5. The highest BCUT2D eigenvalue weighted by molar-refractivity contribution is 9.10. The number of rotatable bonds is 3. The van der Waals surface area contributed by atoms with Crippen molar-refractivity contribution in [3.63, 3.8) is 0 Å². The van der Waals surface area contributed by atoms with E-state index in [1.165, 1.54) is 13.3 Å². The van der Waals surface area contributed by atoms with Gasteiger partial charge < -0.3 is 13.5 Å². The zero-order valence-electron chi connectivity index (χ0n) is 11.0. The number of hydrogen-bond acceptors (Lipinski definition) is 6. The van der Waals surface area contributed by atoms with E-state index >= 15 is 0 Å². The molecule has 2 heterocycles. The van der Waals surface area contributed by atoms with Crippen LogP contribution >= 0.6 is 16.1 Å². The fraction of sp³-hybridized carbons (Fsp3) is 0.0714. The molecule has 2 aromatic heterocycles. The molecule has 0 saturated heterocycles. The van der Waals surface area contributed by atoms with Gasteiger partial charge in [0.2, 0.25) is 5.89 Å². The third kappa shape index (κ3) is 2.59. The lowest BCUT2D eigenvalue weighted by molar-refractivity contribution is 0.0594. The highest BCUT2D eigenvalue weighted by Crippen LogP contribution is 2.26. The van der Waals surface area contributed by atoms with Crippen molar-refractivity contribution < 1.29 is 13.9 Å². The molecule has 0 unspecified atom stereocenters. The van der Waals surface area contributed by atoms with Gasteiger partial charge in [0.25, 0.3) is 0 Å². The first-order valence-corrected chi connectivity index (χ1v) is 6.82. The van der Waals surface area contributed by atoms with E-state index in [9.17, 15) is 4.79 Å². The lowest BCUT2D eigenvalue weighted by Crippen LogP contribution is -2.03. The number of anilines is 1. The van der Waals surface area contributed by atoms with Crippen LogP contribution in [0.2, 0.25) is 0 Å². The average molecular weight is 348 g/mol. The number of nitrogens with zero attached hydrogens (tertiary/aromatic N) is 2. The van der Waals surface area contributed by atoms with Gasteiger partial charge in [-0.1, -0.05) is 0 Å². The van der Waals surface area contributed by atoms with E-state index in [0.717, 1.165) is 5.69 Å². The van der Waals surface area contributed by atoms with Gasteiger partial charge in [0.1, 0.15) is 11.2 Å². The maximum atomic E-state index is 11.5. The summed E-state index contributed by atoms with van der Waals surface area (Å²) >= 11 is 3.16. The van der Waals surface area contributed by atoms with Crippen molar-refractivity contribution in [2.45, 2.75) is 0 Å². The van der Waals surface area contributed by atoms with Crippen LogP contribution < -0.4 is 4.34 Å². The van der Waals surface area contributed by atoms with Crippen molar-refractivity contribution in [2.24, 2.45) is 0 Å². The van der Waals surface area contributed by atoms with Crippen molar-refractivity contribution in [1.29, 1.82) is 0 Å². The molecule has 1 aromatic carbocycles. The smallest absolute Gasteiger partial charge is 0.356 e. The summed E-state index contributed by atoms with van der Waals surface area (Å²) in [5.41, 5.74) is 3.11. The van der Waals surface area contributed by atoms with E-state index in [0.29, 0.717) is 22.6 Å². The first-order valence-electron chi connectivity index (χ1n) is 6.03.